The summed E-state index contributed by atoms with van der Waals surface area (Å²) in [6, 6.07) is 19.6. The van der Waals surface area contributed by atoms with E-state index in [1.807, 2.05) is 30.5 Å². The van der Waals surface area contributed by atoms with Crippen LogP contribution in [0.2, 0.25) is 0 Å². The Kier molecular flexibility index (Phi) is 11.1. The van der Waals surface area contributed by atoms with Crippen LogP contribution in [0.5, 0.6) is 0 Å². The molecule has 2 aliphatic carbocycles. The molecule has 219 valence electrons. The summed E-state index contributed by atoms with van der Waals surface area (Å²) in [7, 11) is 0. The Morgan fingerprint density at radius 3 is 2.19 bits per heavy atom. The number of fused-ring (bicyclic) bond motifs is 3. The number of carbonyl (C=O) groups excluding carboxylic acids is 1. The van der Waals surface area contributed by atoms with Gasteiger partial charge in [-0.3, -0.25) is 4.79 Å². The largest absolute Gasteiger partial charge is 0.512 e. The van der Waals surface area contributed by atoms with Crippen LogP contribution in [0.4, 0.5) is 5.69 Å². The summed E-state index contributed by atoms with van der Waals surface area (Å²) in [5.74, 6) is 0.985. The van der Waals surface area contributed by atoms with Crippen LogP contribution in [0.25, 0.3) is 37.6 Å². The van der Waals surface area contributed by atoms with Gasteiger partial charge in [0.15, 0.2) is 11.5 Å². The van der Waals surface area contributed by atoms with Crippen LogP contribution in [-0.4, -0.2) is 15.9 Å². The first-order valence-corrected chi connectivity index (χ1v) is 15.1. The maximum Gasteiger partial charge on any atom is 0.194 e. The molecule has 0 atom stereocenters. The van der Waals surface area contributed by atoms with Crippen molar-refractivity contribution in [3.05, 3.63) is 95.2 Å². The molecule has 1 N–H and O–H groups in total. The molecule has 4 nitrogen and oxygen atoms in total. The van der Waals surface area contributed by atoms with Crippen LogP contribution in [0.3, 0.4) is 0 Å². The molecular weight excluding hydrogens is 697 g/mol. The number of aliphatic hydroxyl groups excluding tert-OH is 1. The zero-order valence-electron chi connectivity index (χ0n) is 24.6. The van der Waals surface area contributed by atoms with Gasteiger partial charge in [-0.05, 0) is 59.0 Å². The zero-order chi connectivity index (χ0) is 28.8. The number of aryl methyl sites for hydroxylation is 2. The molecule has 42 heavy (non-hydrogen) atoms. The number of allylic oxidation sites excluding steroid dienone is 2. The van der Waals surface area contributed by atoms with E-state index >= 15 is 0 Å². The van der Waals surface area contributed by atoms with Crippen molar-refractivity contribution < 1.29 is 30.0 Å². The van der Waals surface area contributed by atoms with E-state index in [4.69, 9.17) is 6.57 Å². The van der Waals surface area contributed by atoms with Gasteiger partial charge in [0.05, 0.1) is 12.3 Å². The number of carbonyl (C=O) groups is 1. The van der Waals surface area contributed by atoms with E-state index < -0.39 is 0 Å². The number of rotatable bonds is 4. The van der Waals surface area contributed by atoms with Crippen molar-refractivity contribution in [1.82, 2.24) is 4.98 Å². The zero-order valence-corrected chi connectivity index (χ0v) is 27.0. The number of hydrogen-bond acceptors (Lipinski definition) is 3. The van der Waals surface area contributed by atoms with E-state index in [1.54, 1.807) is 6.08 Å². The molecular formula is C37H39IrN2O2-. The predicted molar refractivity (Wildman–Crippen MR) is 168 cm³/mol. The van der Waals surface area contributed by atoms with Crippen molar-refractivity contribution in [2.75, 3.05) is 0 Å². The van der Waals surface area contributed by atoms with Gasteiger partial charge >= 0.3 is 0 Å². The van der Waals surface area contributed by atoms with Crippen molar-refractivity contribution in [3.8, 4) is 11.3 Å². The maximum atomic E-state index is 12.0. The Labute approximate surface area is 263 Å². The van der Waals surface area contributed by atoms with Crippen molar-refractivity contribution in [2.24, 2.45) is 11.8 Å². The summed E-state index contributed by atoms with van der Waals surface area (Å²) in [5.41, 5.74) is 4.95. The Bertz CT molecular complexity index is 1600. The summed E-state index contributed by atoms with van der Waals surface area (Å²) in [6.07, 6.45) is 14.8. The van der Waals surface area contributed by atoms with Crippen molar-refractivity contribution >= 4 is 33.0 Å². The first-order chi connectivity index (χ1) is 19.9. The normalized spacial score (nSPS) is 16.3. The van der Waals surface area contributed by atoms with Crippen molar-refractivity contribution in [3.63, 3.8) is 0 Å². The van der Waals surface area contributed by atoms with Crippen LogP contribution in [0, 0.1) is 38.3 Å². The molecule has 0 saturated heterocycles. The van der Waals surface area contributed by atoms with Crippen molar-refractivity contribution in [2.45, 2.75) is 78.1 Å². The molecule has 5 heteroatoms. The second-order valence-corrected chi connectivity index (χ2v) is 11.7. The predicted octanol–water partition coefficient (Wildman–Crippen LogP) is 10.2. The van der Waals surface area contributed by atoms with Crippen LogP contribution in [-0.2, 0) is 24.9 Å². The number of aromatic nitrogens is 1. The Morgan fingerprint density at radius 2 is 1.52 bits per heavy atom. The third kappa shape index (κ3) is 7.35. The molecule has 1 aromatic heterocycles. The molecule has 1 radical (unpaired) electrons. The molecule has 2 aliphatic rings. The number of pyridine rings is 1. The van der Waals surface area contributed by atoms with Crippen LogP contribution in [0.15, 0.2) is 66.6 Å². The summed E-state index contributed by atoms with van der Waals surface area (Å²) in [5, 5.41) is 14.3. The van der Waals surface area contributed by atoms with Gasteiger partial charge in [-0.1, -0.05) is 82.7 Å². The Morgan fingerprint density at radius 1 is 0.881 bits per heavy atom. The molecule has 0 aliphatic heterocycles. The van der Waals surface area contributed by atoms with Gasteiger partial charge in [0.2, 0.25) is 0 Å². The number of benzene rings is 3. The molecule has 6 rings (SSSR count). The molecule has 3 aromatic carbocycles. The monoisotopic (exact) mass is 736 g/mol. The van der Waals surface area contributed by atoms with Gasteiger partial charge < -0.3 is 10.1 Å². The van der Waals surface area contributed by atoms with Crippen molar-refractivity contribution in [1.29, 1.82) is 0 Å². The molecule has 0 amide bonds. The Hall–Kier alpha value is -3.32. The molecule has 0 bridgehead atoms. The van der Waals surface area contributed by atoms with Gasteiger partial charge in [-0.2, -0.15) is 0 Å². The van der Waals surface area contributed by atoms with Gasteiger partial charge in [-0.25, -0.2) is 4.85 Å². The minimum absolute atomic E-state index is 0. The third-order valence-electron chi connectivity index (χ3n) is 8.62. The number of aliphatic hydroxyl groups is 1. The summed E-state index contributed by atoms with van der Waals surface area (Å²) in [6.45, 7) is 11.5. The first kappa shape index (κ1) is 31.6. The summed E-state index contributed by atoms with van der Waals surface area (Å²) >= 11 is 0. The molecule has 0 spiro atoms. The Balaban J connectivity index is 0.000000200. The maximum absolute atomic E-state index is 12.0. The topological polar surface area (TPSA) is 54.5 Å². The van der Waals surface area contributed by atoms with E-state index in [1.165, 1.54) is 44.1 Å². The fraction of sp³-hybridized carbons (Fsp3) is 0.378. The molecule has 2 saturated carbocycles. The van der Waals surface area contributed by atoms with Crippen LogP contribution in [0.1, 0.15) is 75.3 Å². The minimum Gasteiger partial charge on any atom is -0.512 e. The second kappa shape index (κ2) is 14.7. The average molecular weight is 736 g/mol. The van der Waals surface area contributed by atoms with Gasteiger partial charge in [0.25, 0.3) is 0 Å². The summed E-state index contributed by atoms with van der Waals surface area (Å²) < 4.78 is 0. The molecule has 0 unspecified atom stereocenters. The molecule has 1 heterocycles. The van der Waals surface area contributed by atoms with E-state index in [-0.39, 0.29) is 37.7 Å². The quantitative estimate of drug-likeness (QED) is 0.0983. The van der Waals surface area contributed by atoms with E-state index in [0.29, 0.717) is 11.4 Å². The first-order valence-electron chi connectivity index (χ1n) is 15.1. The van der Waals surface area contributed by atoms with E-state index in [9.17, 15) is 9.90 Å². The number of ketones is 1. The standard InChI is InChI=1S/C22H15N2.C15H24O2.Ir/c1-14-11-15(2)13-16(12-14)22-20-8-7-19-17(18(20)9-10-24-22)5-4-6-21(19)23-3;16-14(12-7-3-1-4-8-12)11-15(17)13-9-5-2-6-10-13;/h4-12H,1-2H3;11-13,16H,1-10H2;/q-1;;/b;14-11-;. The minimum atomic E-state index is 0. The second-order valence-electron chi connectivity index (χ2n) is 11.7. The SMILES string of the molecule is O=C(/C=C(\O)C1CCCCC1)C1CCCCC1.[C-]#[N+]c1cccc2c1ccc1c(-c3[c-]c(C)cc(C)c3)nccc12.[Ir]. The van der Waals surface area contributed by atoms with Gasteiger partial charge in [0.1, 0.15) is 0 Å². The molecule has 2 fully saturated rings. The van der Waals surface area contributed by atoms with Gasteiger partial charge in [-0.15, -0.1) is 34.9 Å². The van der Waals surface area contributed by atoms with E-state index in [0.717, 1.165) is 64.0 Å². The average Bonchev–Trinajstić information content (AvgIpc) is 3.01. The number of hydrogen-bond donors (Lipinski definition) is 1. The third-order valence-corrected chi connectivity index (χ3v) is 8.62. The van der Waals surface area contributed by atoms with Gasteiger partial charge in [0, 0.05) is 44.2 Å². The molecule has 4 aromatic rings. The van der Waals surface area contributed by atoms with Crippen LogP contribution < -0.4 is 0 Å². The fourth-order valence-electron chi connectivity index (χ4n) is 6.51. The van der Waals surface area contributed by atoms with Crippen LogP contribution >= 0.6 is 0 Å². The fourth-order valence-corrected chi connectivity index (χ4v) is 6.51. The number of nitrogens with zero attached hydrogens (tertiary/aromatic N) is 2. The summed E-state index contributed by atoms with van der Waals surface area (Å²) in [4.78, 5) is 20.3. The van der Waals surface area contributed by atoms with E-state index in [2.05, 4.69) is 54.0 Å². The smallest absolute Gasteiger partial charge is 0.194 e.